The Hall–Kier alpha value is -4.69. The second-order valence-corrected chi connectivity index (χ2v) is 13.9. The van der Waals surface area contributed by atoms with E-state index in [1.54, 1.807) is 12.1 Å². The maximum absolute atomic E-state index is 13.3. The number of nitrogens with one attached hydrogen (secondary N) is 2. The number of carboxylic acids is 1. The van der Waals surface area contributed by atoms with Crippen LogP contribution in [-0.2, 0) is 41.0 Å². The molecule has 17 nitrogen and oxygen atoms in total. The predicted molar refractivity (Wildman–Crippen MR) is 174 cm³/mol. The van der Waals surface area contributed by atoms with Gasteiger partial charge in [0.2, 0.25) is 10.4 Å². The predicted octanol–water partition coefficient (Wildman–Crippen LogP) is 0.689. The van der Waals surface area contributed by atoms with Crippen molar-refractivity contribution in [3.63, 3.8) is 0 Å². The number of pyridine rings is 1. The smallest absolute Gasteiger partial charge is 0.351 e. The quantitative estimate of drug-likeness (QED) is 0.0398. The molecule has 0 aliphatic carbocycles. The summed E-state index contributed by atoms with van der Waals surface area (Å²) in [6, 6.07) is 11.1. The number of ketones is 1. The first-order chi connectivity index (χ1) is 23.1. The van der Waals surface area contributed by atoms with Gasteiger partial charge in [-0.2, -0.15) is 9.35 Å². The van der Waals surface area contributed by atoms with Crippen molar-refractivity contribution >= 4 is 56.1 Å². The molecule has 5 rings (SSSR count). The number of thiazole rings is 1. The highest BCUT2D eigenvalue weighted by Gasteiger charge is 2.57. The molecule has 2 fully saturated rings. The number of nitrogens with zero attached hydrogens (tertiary/aromatic N) is 4. The third-order valence-electron chi connectivity index (χ3n) is 8.18. The van der Waals surface area contributed by atoms with Gasteiger partial charge >= 0.3 is 5.97 Å². The molecule has 2 atom stereocenters. The number of nitrogens with two attached hydrogens (primary N) is 1. The van der Waals surface area contributed by atoms with Crippen LogP contribution in [0.3, 0.4) is 0 Å². The number of hydrogen-bond donors (Lipinski definition) is 4. The van der Waals surface area contributed by atoms with Gasteiger partial charge in [-0.05, 0) is 43.2 Å². The molecule has 0 saturated carbocycles. The number of Topliss-reactive ketones (excluding diaryl/α,β-unsaturated/α-hetero) is 1. The average molecular weight is 718 g/mol. The average Bonchev–Trinajstić information content (AvgIpc) is 3.45. The molecule has 2 aliphatic rings. The van der Waals surface area contributed by atoms with Crippen LogP contribution in [0.2, 0.25) is 0 Å². The number of oxime groups is 1. The maximum Gasteiger partial charge on any atom is 0.351 e. The molecular formula is C30H35N7O10S2. The molecule has 0 radical (unpaired) electrons. The highest BCUT2D eigenvalue weighted by Crippen LogP contribution is 2.40. The Balaban J connectivity index is 1.24. The highest BCUT2D eigenvalue weighted by molar-refractivity contribution is 7.80. The molecule has 3 aromatic rings. The van der Waals surface area contributed by atoms with Crippen LogP contribution in [0.25, 0.3) is 11.1 Å². The number of hydrogen-bond acceptors (Lipinski definition) is 15. The zero-order valence-electron chi connectivity index (χ0n) is 26.7. The molecule has 0 bridgehead atoms. The van der Waals surface area contributed by atoms with Gasteiger partial charge in [-0.15, -0.1) is 11.3 Å². The van der Waals surface area contributed by atoms with Crippen LogP contribution in [0.15, 0.2) is 53.1 Å². The summed E-state index contributed by atoms with van der Waals surface area (Å²) in [6.45, 7) is 5.19. The van der Waals surface area contributed by atoms with E-state index in [9.17, 15) is 32.5 Å². The number of anilines is 2. The van der Waals surface area contributed by atoms with Gasteiger partial charge in [0.05, 0.1) is 31.2 Å². The molecule has 262 valence electrons. The molecule has 1 aromatic carbocycles. The van der Waals surface area contributed by atoms with Gasteiger partial charge in [0.25, 0.3) is 17.8 Å². The lowest BCUT2D eigenvalue weighted by Gasteiger charge is -2.51. The molecule has 2 aliphatic heterocycles. The minimum atomic E-state index is -5.24. The van der Waals surface area contributed by atoms with E-state index >= 15 is 0 Å². The maximum atomic E-state index is 13.3. The third-order valence-corrected chi connectivity index (χ3v) is 9.19. The Labute approximate surface area is 285 Å². The van der Waals surface area contributed by atoms with E-state index in [2.05, 4.69) is 25.1 Å². The second kappa shape index (κ2) is 14.4. The number of benzene rings is 1. The van der Waals surface area contributed by atoms with Gasteiger partial charge in [-0.3, -0.25) is 14.9 Å². The van der Waals surface area contributed by atoms with Crippen LogP contribution < -0.4 is 25.7 Å². The lowest BCUT2D eigenvalue weighted by molar-refractivity contribution is -0.657. The summed E-state index contributed by atoms with van der Waals surface area (Å²) in [6.07, 6.45) is -0.203. The van der Waals surface area contributed by atoms with Crippen molar-refractivity contribution < 1.29 is 50.9 Å². The van der Waals surface area contributed by atoms with Crippen LogP contribution in [-0.4, -0.2) is 89.4 Å². The first kappa shape index (κ1) is 35.6. The van der Waals surface area contributed by atoms with Gasteiger partial charge in [0, 0.05) is 36.9 Å². The van der Waals surface area contributed by atoms with Crippen molar-refractivity contribution in [2.75, 3.05) is 37.3 Å². The summed E-state index contributed by atoms with van der Waals surface area (Å²) in [7, 11) is -3.28. The van der Waals surface area contributed by atoms with Crippen molar-refractivity contribution in [1.29, 1.82) is 0 Å². The van der Waals surface area contributed by atoms with E-state index in [0.29, 0.717) is 16.7 Å². The number of aryl methyl sites for hydroxylation is 1. The fraction of sp³-hybridized carbons (Fsp3) is 0.400. The van der Waals surface area contributed by atoms with Crippen molar-refractivity contribution in [2.24, 2.45) is 24.0 Å². The number of amides is 1. The molecule has 5 N–H and O–H groups in total. The third kappa shape index (κ3) is 8.49. The van der Waals surface area contributed by atoms with E-state index in [1.807, 2.05) is 42.1 Å². The molecule has 49 heavy (non-hydrogen) atoms. The minimum absolute atomic E-state index is 0.0270. The van der Waals surface area contributed by atoms with Gasteiger partial charge in [-0.25, -0.2) is 22.8 Å². The highest BCUT2D eigenvalue weighted by atomic mass is 32.3. The van der Waals surface area contributed by atoms with Crippen molar-refractivity contribution in [1.82, 2.24) is 15.4 Å². The topological polar surface area (TPSA) is 239 Å². The molecule has 0 unspecified atom stereocenters. The number of β-lactam (4-membered cyclic amide) rings is 1. The van der Waals surface area contributed by atoms with E-state index in [-0.39, 0.29) is 10.8 Å². The zero-order valence-corrected chi connectivity index (χ0v) is 28.3. The van der Waals surface area contributed by atoms with Gasteiger partial charge in [-0.1, -0.05) is 17.3 Å². The largest absolute Gasteiger partial charge is 0.724 e. The number of nitrogen functional groups attached to an aromatic ring is 1. The summed E-state index contributed by atoms with van der Waals surface area (Å²) in [5.74, 6) is -2.30. The van der Waals surface area contributed by atoms with Crippen molar-refractivity contribution in [3.8, 4) is 16.9 Å². The lowest BCUT2D eigenvalue weighted by Crippen LogP contribution is -2.68. The molecular weight excluding hydrogens is 683 g/mol. The Morgan fingerprint density at radius 3 is 2.55 bits per heavy atom. The molecule has 0 spiro atoms. The van der Waals surface area contributed by atoms with E-state index in [4.69, 9.17) is 15.3 Å². The summed E-state index contributed by atoms with van der Waals surface area (Å²) in [5, 5.41) is 22.2. The second-order valence-electron chi connectivity index (χ2n) is 12.0. The van der Waals surface area contributed by atoms with E-state index in [0.717, 1.165) is 47.9 Å². The molecule has 2 aromatic heterocycles. The van der Waals surface area contributed by atoms with Gasteiger partial charge in [0.1, 0.15) is 18.1 Å². The monoisotopic (exact) mass is 717 g/mol. The van der Waals surface area contributed by atoms with Crippen molar-refractivity contribution in [3.05, 3.63) is 53.7 Å². The van der Waals surface area contributed by atoms with E-state index < -0.39 is 64.4 Å². The Morgan fingerprint density at radius 2 is 1.98 bits per heavy atom. The van der Waals surface area contributed by atoms with Crippen LogP contribution >= 0.6 is 11.3 Å². The lowest BCUT2D eigenvalue weighted by atomic mass is 9.74. The van der Waals surface area contributed by atoms with Crippen LogP contribution in [0, 0.1) is 11.8 Å². The number of ether oxygens (including phenoxy) is 1. The Bertz CT molecular complexity index is 1860. The van der Waals surface area contributed by atoms with Crippen LogP contribution in [0.5, 0.6) is 5.75 Å². The number of carbonyl (C=O) groups excluding carboxylic acids is 2. The summed E-state index contributed by atoms with van der Waals surface area (Å²) >= 11 is 0.985. The Kier molecular flexibility index (Phi) is 10.5. The van der Waals surface area contributed by atoms with Crippen molar-refractivity contribution in [2.45, 2.75) is 31.9 Å². The van der Waals surface area contributed by atoms with E-state index in [1.165, 1.54) is 19.2 Å². The number of aliphatic carboxylic acids is 1. The number of carboxylic acid groups (broad SMARTS) is 1. The Morgan fingerprint density at radius 1 is 1.27 bits per heavy atom. The molecule has 1 amide bonds. The molecule has 4 heterocycles. The fourth-order valence-electron chi connectivity index (χ4n) is 5.13. The number of rotatable bonds is 16. The summed E-state index contributed by atoms with van der Waals surface area (Å²) < 4.78 is 45.0. The summed E-state index contributed by atoms with van der Waals surface area (Å²) in [4.78, 5) is 47.2. The zero-order chi connectivity index (χ0) is 35.5. The number of aromatic nitrogens is 2. The number of carbonyl (C=O) groups is 3. The van der Waals surface area contributed by atoms with Gasteiger partial charge in [0.15, 0.2) is 16.6 Å². The summed E-state index contributed by atoms with van der Waals surface area (Å²) in [5.41, 5.74) is 5.82. The normalized spacial score (nSPS) is 18.3. The van der Waals surface area contributed by atoms with Crippen LogP contribution in [0.4, 0.5) is 10.9 Å². The fourth-order valence-corrected chi connectivity index (χ4v) is 6.12. The van der Waals surface area contributed by atoms with Crippen LogP contribution in [0.1, 0.15) is 26.0 Å². The standard InChI is InChI=1S/C30H35N7O10S2/c1-30(2)21(27(39)37(30)47-49(42,43)44)11-23(38)26(22-16-48-29(31)34-22)35-46-24(28(40)41)15-45-20-6-4-18(5-7-20)19-8-9-36(3)25(10-19)33-14-17-12-32-13-17/h4-10,16-17,21,24,32H,11-15H2,1-3H3,(H4,31,34,40,41,42,43,44)/b35-26-/t21-,24+/m1/s1. The minimum Gasteiger partial charge on any atom is -0.724 e. The van der Waals surface area contributed by atoms with Gasteiger partial charge < -0.3 is 30.3 Å². The SMILES string of the molecule is C[n+]1ccc(-c2ccc(OC[C@H](O/N=C(\C(=O)C[C@@H]3C(=O)N(OS(=O)(=O)[O-])C3(C)C)c3csc(N)n3)C(=O)O)cc2)cc1NCC1CNC1. The first-order valence-corrected chi connectivity index (χ1v) is 17.2. The number of hydroxylamine groups is 2. The molecule has 19 heteroatoms. The molecule has 2 saturated heterocycles. The first-order valence-electron chi connectivity index (χ1n) is 15.0.